The van der Waals surface area contributed by atoms with Crippen LogP contribution in [0.25, 0.3) is 0 Å². The number of unbranched alkanes of at least 4 members (excludes halogenated alkanes) is 2. The highest BCUT2D eigenvalue weighted by Crippen LogP contribution is 2.27. The summed E-state index contributed by atoms with van der Waals surface area (Å²) in [5.41, 5.74) is 0. The maximum atomic E-state index is 12.2. The Morgan fingerprint density at radius 1 is 1.14 bits per heavy atom. The van der Waals surface area contributed by atoms with Gasteiger partial charge in [0.2, 0.25) is 11.8 Å². The van der Waals surface area contributed by atoms with Gasteiger partial charge >= 0.3 is 5.97 Å². The average Bonchev–Trinajstić information content (AvgIpc) is 2.93. The number of rotatable bonds is 9. The standard InChI is InChI=1S/C15H26N2O4/c1-11(18)17-14(12-7-4-5-8-12)15(21)16-10-6-2-3-9-13(19)20/h12,14H,2-10H2,1H3,(H,16,21)(H,17,18)(H,19,20). The molecule has 1 saturated carbocycles. The van der Waals surface area contributed by atoms with Gasteiger partial charge in [-0.15, -0.1) is 0 Å². The predicted molar refractivity (Wildman–Crippen MR) is 78.7 cm³/mol. The number of aliphatic carboxylic acids is 1. The minimum absolute atomic E-state index is 0.115. The number of hydrogen-bond acceptors (Lipinski definition) is 3. The van der Waals surface area contributed by atoms with Gasteiger partial charge in [0.05, 0.1) is 0 Å². The lowest BCUT2D eigenvalue weighted by Gasteiger charge is -2.23. The highest BCUT2D eigenvalue weighted by Gasteiger charge is 2.30. The van der Waals surface area contributed by atoms with Crippen LogP contribution in [0.5, 0.6) is 0 Å². The van der Waals surface area contributed by atoms with Crippen LogP contribution in [0, 0.1) is 5.92 Å². The minimum Gasteiger partial charge on any atom is -0.481 e. The van der Waals surface area contributed by atoms with Gasteiger partial charge in [-0.1, -0.05) is 19.3 Å². The van der Waals surface area contributed by atoms with Crippen molar-refractivity contribution in [3.05, 3.63) is 0 Å². The lowest BCUT2D eigenvalue weighted by molar-refractivity contribution is -0.137. The van der Waals surface area contributed by atoms with E-state index >= 15 is 0 Å². The van der Waals surface area contributed by atoms with Crippen LogP contribution in [0.15, 0.2) is 0 Å². The molecular weight excluding hydrogens is 272 g/mol. The van der Waals surface area contributed by atoms with Crippen molar-refractivity contribution >= 4 is 17.8 Å². The lowest BCUT2D eigenvalue weighted by atomic mass is 9.97. The molecule has 6 heteroatoms. The maximum Gasteiger partial charge on any atom is 0.303 e. The van der Waals surface area contributed by atoms with Gasteiger partial charge in [0.15, 0.2) is 0 Å². The van der Waals surface area contributed by atoms with Gasteiger partial charge in [0.25, 0.3) is 0 Å². The number of amides is 2. The number of carbonyl (C=O) groups is 3. The molecule has 1 aliphatic rings. The quantitative estimate of drug-likeness (QED) is 0.561. The van der Waals surface area contributed by atoms with Gasteiger partial charge in [0.1, 0.15) is 6.04 Å². The first-order valence-corrected chi connectivity index (χ1v) is 7.77. The third-order valence-electron chi connectivity index (χ3n) is 3.88. The third kappa shape index (κ3) is 7.11. The summed E-state index contributed by atoms with van der Waals surface area (Å²) in [5, 5.41) is 14.1. The van der Waals surface area contributed by atoms with Crippen molar-refractivity contribution in [1.29, 1.82) is 0 Å². The molecule has 1 atom stereocenters. The van der Waals surface area contributed by atoms with Crippen LogP contribution >= 0.6 is 0 Å². The SMILES string of the molecule is CC(=O)NC(C(=O)NCCCCCC(=O)O)C1CCCC1. The van der Waals surface area contributed by atoms with Gasteiger partial charge in [-0.2, -0.15) is 0 Å². The molecule has 0 bridgehead atoms. The number of nitrogens with one attached hydrogen (secondary N) is 2. The smallest absolute Gasteiger partial charge is 0.303 e. The molecule has 2 amide bonds. The van der Waals surface area contributed by atoms with E-state index in [-0.39, 0.29) is 24.2 Å². The van der Waals surface area contributed by atoms with E-state index in [1.165, 1.54) is 6.92 Å². The number of hydrogen-bond donors (Lipinski definition) is 3. The van der Waals surface area contributed by atoms with Crippen LogP contribution in [-0.2, 0) is 14.4 Å². The first kappa shape index (κ1) is 17.5. The van der Waals surface area contributed by atoms with Gasteiger partial charge in [0, 0.05) is 19.9 Å². The zero-order chi connectivity index (χ0) is 15.7. The van der Waals surface area contributed by atoms with Gasteiger partial charge in [-0.25, -0.2) is 0 Å². The summed E-state index contributed by atoms with van der Waals surface area (Å²) in [6.07, 6.45) is 6.53. The Balaban J connectivity index is 2.28. The fourth-order valence-corrected chi connectivity index (χ4v) is 2.81. The molecule has 1 aliphatic carbocycles. The third-order valence-corrected chi connectivity index (χ3v) is 3.88. The molecule has 0 aromatic heterocycles. The topological polar surface area (TPSA) is 95.5 Å². The molecule has 0 radical (unpaired) electrons. The molecule has 0 aliphatic heterocycles. The minimum atomic E-state index is -0.786. The van der Waals surface area contributed by atoms with Gasteiger partial charge in [-0.05, 0) is 31.6 Å². The molecule has 1 rings (SSSR count). The van der Waals surface area contributed by atoms with E-state index in [0.717, 1.165) is 38.5 Å². The second-order valence-corrected chi connectivity index (χ2v) is 5.72. The van der Waals surface area contributed by atoms with E-state index < -0.39 is 12.0 Å². The molecule has 0 heterocycles. The van der Waals surface area contributed by atoms with E-state index in [1.807, 2.05) is 0 Å². The fourth-order valence-electron chi connectivity index (χ4n) is 2.81. The predicted octanol–water partition coefficient (Wildman–Crippen LogP) is 1.44. The van der Waals surface area contributed by atoms with Crippen molar-refractivity contribution in [2.45, 2.75) is 64.3 Å². The fraction of sp³-hybridized carbons (Fsp3) is 0.800. The number of carboxylic acids is 1. The van der Waals surface area contributed by atoms with Crippen LogP contribution in [0.1, 0.15) is 58.3 Å². The molecule has 0 aromatic rings. The Bertz CT molecular complexity index is 365. The molecule has 1 fully saturated rings. The molecule has 3 N–H and O–H groups in total. The summed E-state index contributed by atoms with van der Waals surface area (Å²) >= 11 is 0. The monoisotopic (exact) mass is 298 g/mol. The molecule has 0 aromatic carbocycles. The molecule has 0 spiro atoms. The van der Waals surface area contributed by atoms with Crippen LogP contribution in [0.2, 0.25) is 0 Å². The highest BCUT2D eigenvalue weighted by molar-refractivity contribution is 5.87. The zero-order valence-electron chi connectivity index (χ0n) is 12.7. The van der Waals surface area contributed by atoms with Crippen molar-refractivity contribution in [1.82, 2.24) is 10.6 Å². The average molecular weight is 298 g/mol. The van der Waals surface area contributed by atoms with Gasteiger partial charge < -0.3 is 15.7 Å². The summed E-state index contributed by atoms with van der Waals surface area (Å²) in [7, 11) is 0. The second kappa shape index (κ2) is 9.37. The zero-order valence-corrected chi connectivity index (χ0v) is 12.7. The largest absolute Gasteiger partial charge is 0.481 e. The molecule has 6 nitrogen and oxygen atoms in total. The van der Waals surface area contributed by atoms with Crippen molar-refractivity contribution in [3.8, 4) is 0 Å². The van der Waals surface area contributed by atoms with Crippen LogP contribution < -0.4 is 10.6 Å². The van der Waals surface area contributed by atoms with E-state index in [4.69, 9.17) is 5.11 Å². The van der Waals surface area contributed by atoms with E-state index in [0.29, 0.717) is 13.0 Å². The first-order valence-electron chi connectivity index (χ1n) is 7.77. The van der Waals surface area contributed by atoms with Crippen molar-refractivity contribution in [2.75, 3.05) is 6.54 Å². The maximum absolute atomic E-state index is 12.2. The molecular formula is C15H26N2O4. The van der Waals surface area contributed by atoms with Crippen LogP contribution in [-0.4, -0.2) is 35.5 Å². The molecule has 21 heavy (non-hydrogen) atoms. The van der Waals surface area contributed by atoms with Crippen LogP contribution in [0.4, 0.5) is 0 Å². The first-order chi connectivity index (χ1) is 10.0. The van der Waals surface area contributed by atoms with E-state index in [1.54, 1.807) is 0 Å². The summed E-state index contributed by atoms with van der Waals surface area (Å²) in [6, 6.07) is -0.427. The Morgan fingerprint density at radius 2 is 1.81 bits per heavy atom. The summed E-state index contributed by atoms with van der Waals surface area (Å²) in [6.45, 7) is 1.96. The Hall–Kier alpha value is -1.59. The van der Waals surface area contributed by atoms with Crippen molar-refractivity contribution in [2.24, 2.45) is 5.92 Å². The Kier molecular flexibility index (Phi) is 7.79. The molecule has 1 unspecified atom stereocenters. The Morgan fingerprint density at radius 3 is 2.38 bits per heavy atom. The van der Waals surface area contributed by atoms with E-state index in [9.17, 15) is 14.4 Å². The number of carboxylic acid groups (broad SMARTS) is 1. The second-order valence-electron chi connectivity index (χ2n) is 5.72. The lowest BCUT2D eigenvalue weighted by Crippen LogP contribution is -2.50. The summed E-state index contributed by atoms with van der Waals surface area (Å²) < 4.78 is 0. The molecule has 120 valence electrons. The van der Waals surface area contributed by atoms with Crippen LogP contribution in [0.3, 0.4) is 0 Å². The highest BCUT2D eigenvalue weighted by atomic mass is 16.4. The summed E-state index contributed by atoms with van der Waals surface area (Å²) in [4.78, 5) is 33.8. The van der Waals surface area contributed by atoms with Crippen molar-refractivity contribution in [3.63, 3.8) is 0 Å². The Labute approximate surface area is 125 Å². The van der Waals surface area contributed by atoms with Gasteiger partial charge in [-0.3, -0.25) is 14.4 Å². The normalized spacial score (nSPS) is 16.4. The molecule has 0 saturated heterocycles. The van der Waals surface area contributed by atoms with Crippen molar-refractivity contribution < 1.29 is 19.5 Å². The summed E-state index contributed by atoms with van der Waals surface area (Å²) in [5.74, 6) is -0.842. The van der Waals surface area contributed by atoms with E-state index in [2.05, 4.69) is 10.6 Å². The number of carbonyl (C=O) groups excluding carboxylic acids is 2.